The summed E-state index contributed by atoms with van der Waals surface area (Å²) in [5, 5.41) is 27.8. The molecule has 4 aromatic rings. The Bertz CT molecular complexity index is 1330. The number of H-pyrrole nitrogens is 1. The molecule has 0 saturated carbocycles. The maximum absolute atomic E-state index is 12.8. The summed E-state index contributed by atoms with van der Waals surface area (Å²) in [5.41, 5.74) is 1.27. The van der Waals surface area contributed by atoms with Crippen LogP contribution in [0.25, 0.3) is 28.2 Å². The SMILES string of the molecule is Cn1c(=O)c(C(=O)/C=C/c2cn[nH]c2-c2ccccc2O)c(O)c2ccccc21. The predicted octanol–water partition coefficient (Wildman–Crippen LogP) is 3.24. The Balaban J connectivity index is 1.76. The van der Waals surface area contributed by atoms with Gasteiger partial charge in [0.2, 0.25) is 0 Å². The molecule has 0 atom stereocenters. The maximum atomic E-state index is 12.8. The van der Waals surface area contributed by atoms with Gasteiger partial charge in [0.05, 0.1) is 17.4 Å². The Morgan fingerprint density at radius 3 is 2.62 bits per heavy atom. The molecule has 144 valence electrons. The lowest BCUT2D eigenvalue weighted by molar-refractivity contribution is 0.104. The number of benzene rings is 2. The molecule has 29 heavy (non-hydrogen) atoms. The summed E-state index contributed by atoms with van der Waals surface area (Å²) in [4.78, 5) is 25.4. The second kappa shape index (κ2) is 7.12. The standard InChI is InChI=1S/C22H17N3O4/c1-25-16-8-4-2-6-14(16)21(28)19(22(25)29)18(27)11-10-13-12-23-24-20(13)15-7-3-5-9-17(15)26/h2-12,26,28H,1H3,(H,23,24)/b11-10+. The highest BCUT2D eigenvalue weighted by Crippen LogP contribution is 2.30. The summed E-state index contributed by atoms with van der Waals surface area (Å²) in [7, 11) is 1.55. The van der Waals surface area contributed by atoms with Crippen LogP contribution in [0.5, 0.6) is 11.5 Å². The Labute approximate surface area is 165 Å². The van der Waals surface area contributed by atoms with E-state index in [0.29, 0.717) is 27.7 Å². The highest BCUT2D eigenvalue weighted by atomic mass is 16.3. The van der Waals surface area contributed by atoms with E-state index in [1.165, 1.54) is 22.9 Å². The van der Waals surface area contributed by atoms with Crippen LogP contribution < -0.4 is 5.56 Å². The van der Waals surface area contributed by atoms with Crippen molar-refractivity contribution < 1.29 is 15.0 Å². The summed E-state index contributed by atoms with van der Waals surface area (Å²) in [6, 6.07) is 13.6. The number of phenols is 1. The molecule has 2 aromatic heterocycles. The zero-order valence-electron chi connectivity index (χ0n) is 15.5. The van der Waals surface area contributed by atoms with E-state index in [1.54, 1.807) is 55.6 Å². The molecule has 0 unspecified atom stereocenters. The molecule has 0 aliphatic heterocycles. The minimum Gasteiger partial charge on any atom is -0.507 e. The molecule has 2 aromatic carbocycles. The van der Waals surface area contributed by atoms with E-state index in [1.807, 2.05) is 0 Å². The molecule has 0 radical (unpaired) electrons. The Morgan fingerprint density at radius 2 is 1.83 bits per heavy atom. The molecule has 3 N–H and O–H groups in total. The van der Waals surface area contributed by atoms with Gasteiger partial charge in [-0.15, -0.1) is 0 Å². The van der Waals surface area contributed by atoms with Gasteiger partial charge in [-0.05, 0) is 36.4 Å². The first-order valence-electron chi connectivity index (χ1n) is 8.84. The molecule has 7 nitrogen and oxygen atoms in total. The number of aromatic amines is 1. The van der Waals surface area contributed by atoms with Gasteiger partial charge in [-0.1, -0.05) is 24.3 Å². The average Bonchev–Trinajstić information content (AvgIpc) is 3.19. The van der Waals surface area contributed by atoms with Crippen LogP contribution in [0.3, 0.4) is 0 Å². The first kappa shape index (κ1) is 18.2. The monoisotopic (exact) mass is 387 g/mol. The number of hydrogen-bond acceptors (Lipinski definition) is 5. The lowest BCUT2D eigenvalue weighted by Gasteiger charge is -2.09. The van der Waals surface area contributed by atoms with Crippen molar-refractivity contribution in [1.82, 2.24) is 14.8 Å². The van der Waals surface area contributed by atoms with Gasteiger partial charge in [0, 0.05) is 23.6 Å². The van der Waals surface area contributed by atoms with Crippen molar-refractivity contribution in [1.29, 1.82) is 0 Å². The van der Waals surface area contributed by atoms with Gasteiger partial charge in [0.15, 0.2) is 5.78 Å². The number of fused-ring (bicyclic) bond motifs is 1. The molecule has 2 heterocycles. The molecule has 0 spiro atoms. The van der Waals surface area contributed by atoms with Crippen molar-refractivity contribution in [3.8, 4) is 22.8 Å². The van der Waals surface area contributed by atoms with E-state index in [0.717, 1.165) is 0 Å². The second-order valence-electron chi connectivity index (χ2n) is 6.52. The van der Waals surface area contributed by atoms with Crippen LogP contribution in [-0.4, -0.2) is 30.8 Å². The third kappa shape index (κ3) is 3.08. The number of carbonyl (C=O) groups is 1. The van der Waals surface area contributed by atoms with E-state index in [9.17, 15) is 19.8 Å². The first-order chi connectivity index (χ1) is 14.0. The average molecular weight is 387 g/mol. The maximum Gasteiger partial charge on any atom is 0.265 e. The number of aromatic hydroxyl groups is 2. The fourth-order valence-corrected chi connectivity index (χ4v) is 3.27. The zero-order chi connectivity index (χ0) is 20.5. The summed E-state index contributed by atoms with van der Waals surface area (Å²) < 4.78 is 1.33. The molecule has 0 bridgehead atoms. The van der Waals surface area contributed by atoms with Crippen LogP contribution in [0, 0.1) is 0 Å². The Hall–Kier alpha value is -4.13. The van der Waals surface area contributed by atoms with Crippen molar-refractivity contribution in [3.05, 3.63) is 82.3 Å². The second-order valence-corrected chi connectivity index (χ2v) is 6.52. The quantitative estimate of drug-likeness (QED) is 0.368. The van der Waals surface area contributed by atoms with E-state index >= 15 is 0 Å². The van der Waals surface area contributed by atoms with Gasteiger partial charge < -0.3 is 14.8 Å². The van der Waals surface area contributed by atoms with Crippen molar-refractivity contribution in [2.45, 2.75) is 0 Å². The molecule has 0 aliphatic carbocycles. The number of allylic oxidation sites excluding steroid dienone is 1. The number of pyridine rings is 1. The number of rotatable bonds is 4. The third-order valence-electron chi connectivity index (χ3n) is 4.78. The van der Waals surface area contributed by atoms with Crippen molar-refractivity contribution >= 4 is 22.8 Å². The van der Waals surface area contributed by atoms with Crippen LogP contribution in [-0.2, 0) is 7.05 Å². The first-order valence-corrected chi connectivity index (χ1v) is 8.84. The van der Waals surface area contributed by atoms with E-state index < -0.39 is 11.3 Å². The van der Waals surface area contributed by atoms with E-state index in [2.05, 4.69) is 10.2 Å². The van der Waals surface area contributed by atoms with E-state index in [-0.39, 0.29) is 17.1 Å². The number of hydrogen-bond donors (Lipinski definition) is 3. The van der Waals surface area contributed by atoms with Crippen LogP contribution in [0.4, 0.5) is 0 Å². The van der Waals surface area contributed by atoms with Gasteiger partial charge in [-0.2, -0.15) is 5.10 Å². The van der Waals surface area contributed by atoms with Crippen LogP contribution in [0.1, 0.15) is 15.9 Å². The molecule has 7 heteroatoms. The highest BCUT2D eigenvalue weighted by molar-refractivity contribution is 6.11. The van der Waals surface area contributed by atoms with Gasteiger partial charge in [0.1, 0.15) is 17.1 Å². The number of ketones is 1. The number of aromatic nitrogens is 3. The molecule has 0 aliphatic rings. The topological polar surface area (TPSA) is 108 Å². The van der Waals surface area contributed by atoms with Gasteiger partial charge in [-0.3, -0.25) is 14.7 Å². The van der Waals surface area contributed by atoms with Gasteiger partial charge in [0.25, 0.3) is 5.56 Å². The van der Waals surface area contributed by atoms with Crippen molar-refractivity contribution in [2.75, 3.05) is 0 Å². The summed E-state index contributed by atoms with van der Waals surface area (Å²) >= 11 is 0. The predicted molar refractivity (Wildman–Crippen MR) is 110 cm³/mol. The number of nitrogens with zero attached hydrogens (tertiary/aromatic N) is 2. The number of para-hydroxylation sites is 2. The summed E-state index contributed by atoms with van der Waals surface area (Å²) in [6.07, 6.45) is 4.20. The normalized spacial score (nSPS) is 11.3. The van der Waals surface area contributed by atoms with Gasteiger partial charge in [-0.25, -0.2) is 0 Å². The van der Waals surface area contributed by atoms with E-state index in [4.69, 9.17) is 0 Å². The van der Waals surface area contributed by atoms with Crippen LogP contribution >= 0.6 is 0 Å². The fourth-order valence-electron chi connectivity index (χ4n) is 3.27. The number of carbonyl (C=O) groups excluding carboxylic acids is 1. The van der Waals surface area contributed by atoms with Crippen molar-refractivity contribution in [2.24, 2.45) is 7.05 Å². The smallest absolute Gasteiger partial charge is 0.265 e. The number of phenolic OH excluding ortho intramolecular Hbond substituents is 1. The largest absolute Gasteiger partial charge is 0.507 e. The van der Waals surface area contributed by atoms with Crippen LogP contribution in [0.2, 0.25) is 0 Å². The molecule has 0 amide bonds. The molecule has 4 rings (SSSR count). The number of aryl methyl sites for hydroxylation is 1. The molecular formula is C22H17N3O4. The lowest BCUT2D eigenvalue weighted by atomic mass is 10.0. The molecule has 0 saturated heterocycles. The zero-order valence-corrected chi connectivity index (χ0v) is 15.5. The minimum atomic E-state index is -0.627. The molecular weight excluding hydrogens is 370 g/mol. The Kier molecular flexibility index (Phi) is 4.48. The Morgan fingerprint density at radius 1 is 1.10 bits per heavy atom. The summed E-state index contributed by atoms with van der Waals surface area (Å²) in [6.45, 7) is 0. The lowest BCUT2D eigenvalue weighted by Crippen LogP contribution is -2.24. The fraction of sp³-hybridized carbons (Fsp3) is 0.0455. The van der Waals surface area contributed by atoms with Crippen LogP contribution in [0.15, 0.2) is 65.6 Å². The van der Waals surface area contributed by atoms with Gasteiger partial charge >= 0.3 is 0 Å². The summed E-state index contributed by atoms with van der Waals surface area (Å²) in [5.74, 6) is -0.900. The third-order valence-corrected chi connectivity index (χ3v) is 4.78. The molecule has 0 fully saturated rings. The number of nitrogens with one attached hydrogen (secondary N) is 1. The highest BCUT2D eigenvalue weighted by Gasteiger charge is 2.19. The van der Waals surface area contributed by atoms with Crippen molar-refractivity contribution in [3.63, 3.8) is 0 Å². The minimum absolute atomic E-state index is 0.0683.